The molecular weight excluding hydrogens is 899 g/mol. The number of Topliss-reactive ketones (excluding diaryl/α,β-unsaturated/α-hetero) is 1. The first-order valence-electron chi connectivity index (χ1n) is 23.0. The second kappa shape index (κ2) is 26.6. The number of phenols is 1. The van der Waals surface area contributed by atoms with Gasteiger partial charge in [0.15, 0.2) is 5.78 Å². The van der Waals surface area contributed by atoms with Crippen LogP contribution in [0, 0.1) is 0 Å². The summed E-state index contributed by atoms with van der Waals surface area (Å²) in [6, 6.07) is 23.9. The second-order valence-electron chi connectivity index (χ2n) is 17.0. The molecule has 1 aromatic heterocycles. The van der Waals surface area contributed by atoms with E-state index in [2.05, 4.69) is 36.9 Å². The number of aromatic hydroxyl groups is 1. The van der Waals surface area contributed by atoms with E-state index in [1.54, 1.807) is 79.0 Å². The minimum absolute atomic E-state index is 0.00646. The van der Waals surface area contributed by atoms with Crippen molar-refractivity contribution in [3.63, 3.8) is 0 Å². The molecule has 0 bridgehead atoms. The van der Waals surface area contributed by atoms with Crippen molar-refractivity contribution in [1.82, 2.24) is 36.9 Å². The lowest BCUT2D eigenvalue weighted by Gasteiger charge is -2.25. The fraction of sp³-hybridized carbons (Fsp3) is 0.333. The molecule has 4 aromatic carbocycles. The molecule has 70 heavy (non-hydrogen) atoms. The van der Waals surface area contributed by atoms with Crippen LogP contribution >= 0.6 is 0 Å². The number of ketones is 1. The number of H-pyrrole nitrogens is 1. The first kappa shape index (κ1) is 53.1. The van der Waals surface area contributed by atoms with Crippen LogP contribution < -0.4 is 43.4 Å². The van der Waals surface area contributed by atoms with Crippen molar-refractivity contribution >= 4 is 58.1 Å². The Bertz CT molecular complexity index is 2570. The third kappa shape index (κ3) is 16.7. The number of phenolic OH excluding ortho intramolecular Hbond substituents is 1. The zero-order chi connectivity index (χ0) is 50.6. The van der Waals surface area contributed by atoms with Crippen molar-refractivity contribution in [3.8, 4) is 5.75 Å². The fourth-order valence-electron chi connectivity index (χ4n) is 7.70. The Morgan fingerprint density at radius 1 is 0.600 bits per heavy atom. The van der Waals surface area contributed by atoms with Crippen molar-refractivity contribution in [3.05, 3.63) is 138 Å². The number of unbranched alkanes of at least 4 members (excludes halogenated alkanes) is 1. The van der Waals surface area contributed by atoms with Gasteiger partial charge in [0.25, 0.3) is 0 Å². The van der Waals surface area contributed by atoms with Gasteiger partial charge in [-0.1, -0.05) is 111 Å². The van der Waals surface area contributed by atoms with Gasteiger partial charge in [-0.15, -0.1) is 0 Å². The number of carbonyl (C=O) groups excluding carboxylic acids is 7. The number of nitrogens with one attached hydrogen (secondary N) is 7. The van der Waals surface area contributed by atoms with Gasteiger partial charge >= 0.3 is 5.97 Å². The number of benzene rings is 4. The average molecular weight is 960 g/mol. The van der Waals surface area contributed by atoms with E-state index in [-0.39, 0.29) is 37.9 Å². The Balaban J connectivity index is 1.27. The molecule has 13 N–H and O–H groups in total. The molecule has 0 saturated heterocycles. The van der Waals surface area contributed by atoms with Crippen molar-refractivity contribution in [2.24, 2.45) is 11.5 Å². The first-order valence-corrected chi connectivity index (χ1v) is 23.0. The van der Waals surface area contributed by atoms with E-state index >= 15 is 0 Å². The Morgan fingerprint density at radius 2 is 1.17 bits per heavy atom. The van der Waals surface area contributed by atoms with Crippen LogP contribution in [0.15, 0.2) is 115 Å². The number of carboxylic acid groups (broad SMARTS) is 1. The lowest BCUT2D eigenvalue weighted by atomic mass is 10.0. The van der Waals surface area contributed by atoms with Crippen LogP contribution in [0.2, 0.25) is 0 Å². The average Bonchev–Trinajstić information content (AvgIpc) is 3.75. The highest BCUT2D eigenvalue weighted by Crippen LogP contribution is 2.20. The molecule has 5 aromatic rings. The maximum absolute atomic E-state index is 14.2. The van der Waals surface area contributed by atoms with E-state index in [0.29, 0.717) is 29.5 Å². The van der Waals surface area contributed by atoms with Crippen LogP contribution in [0.1, 0.15) is 54.9 Å². The molecule has 0 aliphatic rings. The van der Waals surface area contributed by atoms with Gasteiger partial charge < -0.3 is 53.2 Å². The number of aromatic amines is 1. The molecule has 0 fully saturated rings. The van der Waals surface area contributed by atoms with E-state index in [9.17, 15) is 48.6 Å². The van der Waals surface area contributed by atoms with Crippen LogP contribution in [0.3, 0.4) is 0 Å². The van der Waals surface area contributed by atoms with E-state index in [1.807, 2.05) is 31.2 Å². The highest BCUT2D eigenvalue weighted by atomic mass is 16.4. The van der Waals surface area contributed by atoms with Gasteiger partial charge in [0, 0.05) is 36.4 Å². The molecule has 19 heteroatoms. The van der Waals surface area contributed by atoms with Crippen LogP contribution in [-0.4, -0.2) is 112 Å². The summed E-state index contributed by atoms with van der Waals surface area (Å²) in [7, 11) is 0. The summed E-state index contributed by atoms with van der Waals surface area (Å²) in [5.74, 6) is -6.52. The largest absolute Gasteiger partial charge is 0.508 e. The molecule has 19 nitrogen and oxygen atoms in total. The Hall–Kier alpha value is -7.90. The minimum atomic E-state index is -1.61. The van der Waals surface area contributed by atoms with E-state index < -0.39 is 103 Å². The molecule has 0 saturated carbocycles. The minimum Gasteiger partial charge on any atom is -0.508 e. The predicted molar refractivity (Wildman–Crippen MR) is 261 cm³/mol. The summed E-state index contributed by atoms with van der Waals surface area (Å²) in [4.78, 5) is 110. The molecular formula is C51H61N9O10. The summed E-state index contributed by atoms with van der Waals surface area (Å²) >= 11 is 0. The number of amides is 6. The monoisotopic (exact) mass is 959 g/mol. The first-order chi connectivity index (χ1) is 33.6. The van der Waals surface area contributed by atoms with E-state index in [1.165, 1.54) is 12.1 Å². The van der Waals surface area contributed by atoms with E-state index in [4.69, 9.17) is 11.5 Å². The number of primary amides is 1. The highest BCUT2D eigenvalue weighted by molar-refractivity contribution is 5.97. The van der Waals surface area contributed by atoms with Crippen molar-refractivity contribution in [2.45, 2.75) is 94.5 Å². The molecule has 6 amide bonds. The van der Waals surface area contributed by atoms with Gasteiger partial charge in [-0.05, 0) is 53.3 Å². The summed E-state index contributed by atoms with van der Waals surface area (Å²) in [5, 5.41) is 36.0. The number of aliphatic carboxylic acids is 1. The lowest BCUT2D eigenvalue weighted by molar-refractivity contribution is -0.141. The third-order valence-electron chi connectivity index (χ3n) is 11.5. The topological polar surface area (TPSA) is 317 Å². The Labute approximate surface area is 404 Å². The van der Waals surface area contributed by atoms with Gasteiger partial charge in [-0.2, -0.15) is 0 Å². The van der Waals surface area contributed by atoms with Crippen LogP contribution in [0.4, 0.5) is 0 Å². The Morgan fingerprint density at radius 3 is 1.80 bits per heavy atom. The number of fused-ring (bicyclic) bond motifs is 1. The van der Waals surface area contributed by atoms with Crippen LogP contribution in [-0.2, 0) is 64.0 Å². The van der Waals surface area contributed by atoms with E-state index in [0.717, 1.165) is 16.5 Å². The number of nitrogens with two attached hydrogens (primary N) is 2. The number of para-hydroxylation sites is 1. The summed E-state index contributed by atoms with van der Waals surface area (Å²) < 4.78 is 0. The van der Waals surface area contributed by atoms with Gasteiger partial charge in [-0.3, -0.25) is 43.7 Å². The normalized spacial score (nSPS) is 13.6. The fourth-order valence-corrected chi connectivity index (χ4v) is 7.70. The van der Waals surface area contributed by atoms with Crippen LogP contribution in [0.5, 0.6) is 5.75 Å². The van der Waals surface area contributed by atoms with Gasteiger partial charge in [0.2, 0.25) is 35.4 Å². The highest BCUT2D eigenvalue weighted by Gasteiger charge is 2.32. The van der Waals surface area contributed by atoms with Crippen molar-refractivity contribution < 1.29 is 48.6 Å². The Kier molecular flexibility index (Phi) is 20.2. The van der Waals surface area contributed by atoms with Crippen LogP contribution in [0.25, 0.3) is 10.9 Å². The molecule has 0 unspecified atom stereocenters. The maximum atomic E-state index is 14.2. The van der Waals surface area contributed by atoms with Gasteiger partial charge in [0.05, 0.1) is 37.6 Å². The molecule has 0 spiro atoms. The quantitative estimate of drug-likeness (QED) is 0.0337. The molecule has 5 rings (SSSR count). The number of hydrogen-bond acceptors (Lipinski definition) is 11. The van der Waals surface area contributed by atoms with Gasteiger partial charge in [0.1, 0.15) is 23.9 Å². The SMILES string of the molecule is CCCC[C@H](NCC(=O)[C@H](Cc1c[nH]c2ccccc12)NC(=O)CNC(=O)[C@@H](Cc1ccccc1)NC(=O)[C@@H](N)Cc1ccc(O)cc1)C(=O)N[C@@H](CC(=O)O)C(=O)N[C@@H](Cc1ccccc1)C(N)=O. The number of aromatic nitrogens is 1. The molecule has 0 aliphatic carbocycles. The number of rotatable bonds is 28. The number of carbonyl (C=O) groups is 8. The number of hydrogen-bond donors (Lipinski definition) is 11. The number of carboxylic acids is 1. The molecule has 0 aliphatic heterocycles. The van der Waals surface area contributed by atoms with Crippen molar-refractivity contribution in [2.75, 3.05) is 13.1 Å². The summed E-state index contributed by atoms with van der Waals surface area (Å²) in [5.41, 5.74) is 15.4. The van der Waals surface area contributed by atoms with Crippen molar-refractivity contribution in [1.29, 1.82) is 0 Å². The smallest absolute Gasteiger partial charge is 0.305 e. The predicted octanol–water partition coefficient (Wildman–Crippen LogP) is 1.20. The second-order valence-corrected chi connectivity index (χ2v) is 17.0. The molecule has 0 radical (unpaired) electrons. The molecule has 370 valence electrons. The molecule has 6 atom stereocenters. The standard InChI is InChI=1S/C51H61N9O10/c1-2-3-17-39(50(69)60-43(27-46(64)65)51(70)58-41(47(53)66)24-31-12-6-4-7-13-31)55-29-44(62)40(26-34-28-54-38-18-11-10-16-36(34)38)57-45(63)30-56-49(68)42(25-32-14-8-5-9-15-32)59-48(67)37(52)23-33-19-21-35(61)22-20-33/h4-16,18-22,28,37,39-43,54-55,61H,2-3,17,23-27,29-30,52H2,1H3,(H2,53,66)(H,56,68)(H,57,63)(H,58,70)(H,59,67)(H,60,69)(H,64,65)/t37-,39-,40-,41-,42+,43-/m0/s1. The third-order valence-corrected chi connectivity index (χ3v) is 11.5. The summed E-state index contributed by atoms with van der Waals surface area (Å²) in [6.45, 7) is 0.851. The zero-order valence-corrected chi connectivity index (χ0v) is 38.8. The lowest BCUT2D eigenvalue weighted by Crippen LogP contribution is -2.57. The van der Waals surface area contributed by atoms with Gasteiger partial charge in [-0.25, -0.2) is 0 Å². The maximum Gasteiger partial charge on any atom is 0.305 e. The molecule has 1 heterocycles. The zero-order valence-electron chi connectivity index (χ0n) is 38.8. The summed E-state index contributed by atoms with van der Waals surface area (Å²) in [6.07, 6.45) is 2.43.